The molecule has 1 spiro atoms. The normalized spacial score (nSPS) is 22.5. The predicted molar refractivity (Wildman–Crippen MR) is 90.8 cm³/mol. The maximum absolute atomic E-state index is 12.2. The molecule has 136 valence electrons. The third-order valence-corrected chi connectivity index (χ3v) is 5.09. The lowest BCUT2D eigenvalue weighted by Crippen LogP contribution is -2.47. The molecule has 1 aromatic carbocycles. The van der Waals surface area contributed by atoms with Gasteiger partial charge in [-0.15, -0.1) is 0 Å². The van der Waals surface area contributed by atoms with Crippen LogP contribution in [0.15, 0.2) is 30.3 Å². The van der Waals surface area contributed by atoms with Gasteiger partial charge >= 0.3 is 12.1 Å². The maximum atomic E-state index is 12.2. The fourth-order valence-electron chi connectivity index (χ4n) is 3.35. The number of hydrogen-bond acceptors (Lipinski definition) is 5. The first-order valence-electron chi connectivity index (χ1n) is 8.81. The van der Waals surface area contributed by atoms with Crippen LogP contribution in [0.1, 0.15) is 37.7 Å². The highest BCUT2D eigenvalue weighted by Gasteiger charge is 2.46. The summed E-state index contributed by atoms with van der Waals surface area (Å²) in [4.78, 5) is 24.3. The molecular formula is C19H25NO5. The van der Waals surface area contributed by atoms with Crippen molar-refractivity contribution in [2.24, 2.45) is 5.92 Å². The number of ether oxygens (including phenoxy) is 3. The van der Waals surface area contributed by atoms with Gasteiger partial charge in [-0.3, -0.25) is 0 Å². The number of amides is 1. The summed E-state index contributed by atoms with van der Waals surface area (Å²) in [6.45, 7) is 0.774. The highest BCUT2D eigenvalue weighted by Crippen LogP contribution is 2.46. The van der Waals surface area contributed by atoms with Crippen LogP contribution in [0.5, 0.6) is 0 Å². The Morgan fingerprint density at radius 1 is 1.24 bits per heavy atom. The molecule has 6 nitrogen and oxygen atoms in total. The Balaban J connectivity index is 1.56. The second-order valence-corrected chi connectivity index (χ2v) is 6.83. The van der Waals surface area contributed by atoms with E-state index in [1.165, 1.54) is 7.11 Å². The third kappa shape index (κ3) is 4.72. The molecule has 3 rings (SSSR count). The number of esters is 1. The number of nitrogens with one attached hydrogen (secondary N) is 1. The van der Waals surface area contributed by atoms with Gasteiger partial charge in [0.2, 0.25) is 0 Å². The largest absolute Gasteiger partial charge is 0.467 e. The fourth-order valence-corrected chi connectivity index (χ4v) is 3.35. The molecule has 2 fully saturated rings. The molecule has 2 aliphatic rings. The van der Waals surface area contributed by atoms with Crippen LogP contribution in [0.4, 0.5) is 4.79 Å². The van der Waals surface area contributed by atoms with Gasteiger partial charge < -0.3 is 19.5 Å². The topological polar surface area (TPSA) is 73.9 Å². The van der Waals surface area contributed by atoms with Gasteiger partial charge in [-0.2, -0.15) is 0 Å². The van der Waals surface area contributed by atoms with Crippen molar-refractivity contribution in [2.75, 3.05) is 13.7 Å². The smallest absolute Gasteiger partial charge is 0.408 e. The van der Waals surface area contributed by atoms with Crippen LogP contribution < -0.4 is 5.32 Å². The first-order chi connectivity index (χ1) is 12.1. The molecule has 1 N–H and O–H groups in total. The molecule has 6 heteroatoms. The highest BCUT2D eigenvalue weighted by atomic mass is 16.6. The number of hydrogen-bond donors (Lipinski definition) is 1. The molecular weight excluding hydrogens is 322 g/mol. The van der Waals surface area contributed by atoms with Gasteiger partial charge in [-0.25, -0.2) is 9.59 Å². The van der Waals surface area contributed by atoms with E-state index in [2.05, 4.69) is 5.32 Å². The minimum absolute atomic E-state index is 0.00306. The Morgan fingerprint density at radius 2 is 2.00 bits per heavy atom. The molecule has 1 heterocycles. The number of alkyl carbamates (subject to hydrolysis) is 1. The number of methoxy groups -OCH3 is 1. The van der Waals surface area contributed by atoms with Crippen molar-refractivity contribution in [3.05, 3.63) is 35.9 Å². The summed E-state index contributed by atoms with van der Waals surface area (Å²) in [5, 5.41) is 2.69. The van der Waals surface area contributed by atoms with E-state index in [1.54, 1.807) is 0 Å². The van der Waals surface area contributed by atoms with E-state index in [-0.39, 0.29) is 18.1 Å². The molecule has 0 bridgehead atoms. The second kappa shape index (κ2) is 7.87. The monoisotopic (exact) mass is 347 g/mol. The predicted octanol–water partition coefficient (Wildman–Crippen LogP) is 2.80. The molecule has 25 heavy (non-hydrogen) atoms. The van der Waals surface area contributed by atoms with Crippen molar-refractivity contribution in [1.29, 1.82) is 0 Å². The van der Waals surface area contributed by atoms with Crippen LogP contribution in [0.3, 0.4) is 0 Å². The summed E-state index contributed by atoms with van der Waals surface area (Å²) in [6.07, 6.45) is 4.06. The lowest BCUT2D eigenvalue weighted by molar-refractivity contribution is -0.144. The number of rotatable bonds is 5. The fraction of sp³-hybridized carbons (Fsp3) is 0.579. The molecule has 0 radical (unpaired) electrons. The first kappa shape index (κ1) is 17.7. The quantitative estimate of drug-likeness (QED) is 0.829. The van der Waals surface area contributed by atoms with Crippen LogP contribution in [0.2, 0.25) is 0 Å². The summed E-state index contributed by atoms with van der Waals surface area (Å²) in [6, 6.07) is 8.72. The standard InChI is InChI=1S/C19H25NO5/c1-23-17(21)16(15-7-9-19(10-11-19)25-12-8-15)20-18(22)24-13-14-5-3-2-4-6-14/h2-6,15-16H,7-13H2,1H3,(H,20,22). The van der Waals surface area contributed by atoms with Gasteiger partial charge in [0, 0.05) is 6.61 Å². The minimum Gasteiger partial charge on any atom is -0.467 e. The highest BCUT2D eigenvalue weighted by molar-refractivity contribution is 5.81. The Morgan fingerprint density at radius 3 is 2.68 bits per heavy atom. The van der Waals surface area contributed by atoms with Gasteiger partial charge in [-0.1, -0.05) is 30.3 Å². The van der Waals surface area contributed by atoms with Gasteiger partial charge in [0.15, 0.2) is 0 Å². The SMILES string of the molecule is COC(=O)C(NC(=O)OCc1ccccc1)C1CCOC2(CC1)CC2. The van der Waals surface area contributed by atoms with Crippen molar-refractivity contribution < 1.29 is 23.8 Å². The minimum atomic E-state index is -0.703. The number of carbonyl (C=O) groups excluding carboxylic acids is 2. The van der Waals surface area contributed by atoms with Crippen LogP contribution in [0.25, 0.3) is 0 Å². The zero-order valence-electron chi connectivity index (χ0n) is 14.5. The van der Waals surface area contributed by atoms with Crippen molar-refractivity contribution in [1.82, 2.24) is 5.32 Å². The van der Waals surface area contributed by atoms with Crippen molar-refractivity contribution in [3.63, 3.8) is 0 Å². The summed E-state index contributed by atoms with van der Waals surface area (Å²) in [7, 11) is 1.34. The van der Waals surface area contributed by atoms with Crippen molar-refractivity contribution in [3.8, 4) is 0 Å². The van der Waals surface area contributed by atoms with Crippen molar-refractivity contribution >= 4 is 12.1 Å². The Bertz CT molecular complexity index is 599. The maximum Gasteiger partial charge on any atom is 0.408 e. The third-order valence-electron chi connectivity index (χ3n) is 5.09. The Kier molecular flexibility index (Phi) is 5.58. The van der Waals surface area contributed by atoms with E-state index in [9.17, 15) is 9.59 Å². The molecule has 2 unspecified atom stereocenters. The number of carbonyl (C=O) groups is 2. The zero-order chi connectivity index (χ0) is 17.7. The summed E-state index contributed by atoms with van der Waals surface area (Å²) < 4.78 is 16.0. The van der Waals surface area contributed by atoms with Crippen LogP contribution >= 0.6 is 0 Å². The van der Waals surface area contributed by atoms with Gasteiger partial charge in [0.05, 0.1) is 12.7 Å². The molecule has 1 aliphatic carbocycles. The average Bonchev–Trinajstić information content (AvgIpc) is 3.44. The first-order valence-corrected chi connectivity index (χ1v) is 8.81. The van der Waals surface area contributed by atoms with E-state index in [4.69, 9.17) is 14.2 Å². The van der Waals surface area contributed by atoms with Crippen LogP contribution in [0, 0.1) is 5.92 Å². The molecule has 0 aromatic heterocycles. The lowest BCUT2D eigenvalue weighted by Gasteiger charge is -2.24. The molecule has 1 saturated heterocycles. The van der Waals surface area contributed by atoms with E-state index in [0.717, 1.165) is 37.7 Å². The lowest BCUT2D eigenvalue weighted by atomic mass is 9.91. The van der Waals surface area contributed by atoms with E-state index in [0.29, 0.717) is 6.61 Å². The number of benzene rings is 1. The molecule has 2 atom stereocenters. The van der Waals surface area contributed by atoms with E-state index >= 15 is 0 Å². The molecule has 1 amide bonds. The Hall–Kier alpha value is -2.08. The zero-order valence-corrected chi connectivity index (χ0v) is 14.5. The van der Waals surface area contributed by atoms with E-state index in [1.807, 2.05) is 30.3 Å². The summed E-state index contributed by atoms with van der Waals surface area (Å²) in [5.41, 5.74) is 0.925. The average molecular weight is 347 g/mol. The Labute approximate surface area is 147 Å². The van der Waals surface area contributed by atoms with Crippen molar-refractivity contribution in [2.45, 2.75) is 50.4 Å². The van der Waals surface area contributed by atoms with Crippen LogP contribution in [-0.2, 0) is 25.6 Å². The summed E-state index contributed by atoms with van der Waals surface area (Å²) >= 11 is 0. The van der Waals surface area contributed by atoms with Gasteiger partial charge in [0.25, 0.3) is 0 Å². The molecule has 1 aromatic rings. The van der Waals surface area contributed by atoms with Crippen LogP contribution in [-0.4, -0.2) is 37.4 Å². The van der Waals surface area contributed by atoms with Gasteiger partial charge in [-0.05, 0) is 43.6 Å². The van der Waals surface area contributed by atoms with E-state index < -0.39 is 18.1 Å². The van der Waals surface area contributed by atoms with Gasteiger partial charge in [0.1, 0.15) is 12.6 Å². The second-order valence-electron chi connectivity index (χ2n) is 6.83. The molecule has 1 aliphatic heterocycles. The summed E-state index contributed by atoms with van der Waals surface area (Å²) in [5.74, 6) is -0.440. The molecule has 1 saturated carbocycles.